The van der Waals surface area contributed by atoms with Crippen molar-refractivity contribution >= 4 is 15.7 Å². The Balaban J connectivity index is 1.85. The summed E-state index contributed by atoms with van der Waals surface area (Å²) in [4.78, 5) is 0.137. The van der Waals surface area contributed by atoms with Gasteiger partial charge >= 0.3 is 0 Å². The molecule has 174 valence electrons. The van der Waals surface area contributed by atoms with Crippen LogP contribution in [0.1, 0.15) is 38.0 Å². The van der Waals surface area contributed by atoms with Crippen molar-refractivity contribution in [3.05, 3.63) is 89.7 Å². The van der Waals surface area contributed by atoms with E-state index in [9.17, 15) is 12.8 Å². The highest BCUT2D eigenvalue weighted by Crippen LogP contribution is 2.43. The largest absolute Gasteiger partial charge is 0.483 e. The fraction of sp³-hybridized carbons (Fsp3) is 0.308. The molecular formula is C26H29FN2O3S. The molecule has 2 atom stereocenters. The molecule has 33 heavy (non-hydrogen) atoms. The molecule has 0 fully saturated rings. The number of benzene rings is 3. The smallest absolute Gasteiger partial charge is 0.249 e. The van der Waals surface area contributed by atoms with Crippen LogP contribution in [0.5, 0.6) is 5.75 Å². The molecule has 7 heteroatoms. The van der Waals surface area contributed by atoms with Gasteiger partial charge in [-0.2, -0.15) is 4.31 Å². The molecule has 4 rings (SSSR count). The van der Waals surface area contributed by atoms with E-state index in [4.69, 9.17) is 4.74 Å². The summed E-state index contributed by atoms with van der Waals surface area (Å²) in [5.41, 5.74) is 2.11. The highest BCUT2D eigenvalue weighted by atomic mass is 32.2. The minimum Gasteiger partial charge on any atom is -0.483 e. The van der Waals surface area contributed by atoms with Crippen LogP contribution >= 0.6 is 0 Å². The summed E-state index contributed by atoms with van der Waals surface area (Å²) in [7, 11) is -3.94. The van der Waals surface area contributed by atoms with Crippen LogP contribution in [-0.2, 0) is 16.6 Å². The van der Waals surface area contributed by atoms with E-state index in [0.29, 0.717) is 29.5 Å². The van der Waals surface area contributed by atoms with Crippen molar-refractivity contribution in [3.63, 3.8) is 0 Å². The summed E-state index contributed by atoms with van der Waals surface area (Å²) in [5.74, 6) is 0.300. The van der Waals surface area contributed by atoms with E-state index in [1.54, 1.807) is 30.3 Å². The van der Waals surface area contributed by atoms with Crippen molar-refractivity contribution < 1.29 is 17.5 Å². The number of hydrogen-bond donors (Lipinski definition) is 1. The van der Waals surface area contributed by atoms with Gasteiger partial charge in [0.25, 0.3) is 0 Å². The lowest BCUT2D eigenvalue weighted by Crippen LogP contribution is -2.41. The van der Waals surface area contributed by atoms with Crippen LogP contribution < -0.4 is 10.1 Å². The van der Waals surface area contributed by atoms with Crippen molar-refractivity contribution in [2.24, 2.45) is 5.92 Å². The Hall–Kier alpha value is -2.90. The zero-order valence-corrected chi connectivity index (χ0v) is 19.8. The molecule has 1 aliphatic heterocycles. The van der Waals surface area contributed by atoms with E-state index in [-0.39, 0.29) is 17.3 Å². The Bertz CT molecular complexity index is 1200. The van der Waals surface area contributed by atoms with Gasteiger partial charge in [0, 0.05) is 13.1 Å². The molecule has 0 unspecified atom stereocenters. The van der Waals surface area contributed by atoms with Crippen LogP contribution in [0.2, 0.25) is 0 Å². The zero-order chi connectivity index (χ0) is 23.6. The maximum atomic E-state index is 14.1. The summed E-state index contributed by atoms with van der Waals surface area (Å²) in [6.45, 7) is 6.71. The van der Waals surface area contributed by atoms with Crippen molar-refractivity contribution in [1.29, 1.82) is 0 Å². The predicted octanol–water partition coefficient (Wildman–Crippen LogP) is 5.61. The molecule has 0 aromatic heterocycles. The quantitative estimate of drug-likeness (QED) is 0.511. The molecule has 3 aromatic carbocycles. The number of hydrogen-bond acceptors (Lipinski definition) is 4. The summed E-state index contributed by atoms with van der Waals surface area (Å²) in [6, 6.07) is 20.3. The normalized spacial score (nSPS) is 20.0. The second-order valence-electron chi connectivity index (χ2n) is 8.77. The number of rotatable bonds is 6. The van der Waals surface area contributed by atoms with Crippen LogP contribution in [0.15, 0.2) is 77.7 Å². The number of sulfonamides is 1. The van der Waals surface area contributed by atoms with Crippen molar-refractivity contribution in [2.45, 2.75) is 44.4 Å². The Morgan fingerprint density at radius 3 is 2.36 bits per heavy atom. The van der Waals surface area contributed by atoms with Gasteiger partial charge in [0.15, 0.2) is 0 Å². The highest BCUT2D eigenvalue weighted by Gasteiger charge is 2.42. The summed E-state index contributed by atoms with van der Waals surface area (Å²) >= 11 is 0. The van der Waals surface area contributed by atoms with E-state index in [1.807, 2.05) is 37.3 Å². The summed E-state index contributed by atoms with van der Waals surface area (Å²) in [5, 5.41) is 3.28. The lowest BCUT2D eigenvalue weighted by Gasteiger charge is -2.31. The summed E-state index contributed by atoms with van der Waals surface area (Å²) < 4.78 is 49.5. The van der Waals surface area contributed by atoms with Gasteiger partial charge < -0.3 is 10.1 Å². The molecule has 0 spiro atoms. The molecule has 3 aromatic rings. The Morgan fingerprint density at radius 2 is 1.70 bits per heavy atom. The van der Waals surface area contributed by atoms with Crippen LogP contribution in [0.4, 0.5) is 10.1 Å². The monoisotopic (exact) mass is 468 g/mol. The number of fused-ring (bicyclic) bond motifs is 1. The summed E-state index contributed by atoms with van der Waals surface area (Å²) in [6.07, 6.45) is -0.511. The third-order valence-electron chi connectivity index (χ3n) is 5.77. The molecule has 0 saturated carbocycles. The van der Waals surface area contributed by atoms with Gasteiger partial charge in [-0.05, 0) is 48.2 Å². The second kappa shape index (κ2) is 9.53. The van der Waals surface area contributed by atoms with Crippen LogP contribution in [-0.4, -0.2) is 25.3 Å². The number of nitrogens with zero attached hydrogens (tertiary/aromatic N) is 1. The van der Waals surface area contributed by atoms with Crippen molar-refractivity contribution in [3.8, 4) is 5.75 Å². The predicted molar refractivity (Wildman–Crippen MR) is 128 cm³/mol. The Kier molecular flexibility index (Phi) is 6.72. The zero-order valence-electron chi connectivity index (χ0n) is 19.0. The first-order valence-corrected chi connectivity index (χ1v) is 12.6. The van der Waals surface area contributed by atoms with E-state index in [0.717, 1.165) is 5.56 Å². The third kappa shape index (κ3) is 4.89. The van der Waals surface area contributed by atoms with Gasteiger partial charge in [-0.25, -0.2) is 12.8 Å². The second-order valence-corrected chi connectivity index (χ2v) is 10.6. The molecule has 0 amide bonds. The van der Waals surface area contributed by atoms with Gasteiger partial charge in [0.05, 0.1) is 11.7 Å². The first-order valence-electron chi connectivity index (χ1n) is 11.1. The van der Waals surface area contributed by atoms with Gasteiger partial charge in [0.2, 0.25) is 10.0 Å². The molecular weight excluding hydrogens is 439 g/mol. The Morgan fingerprint density at radius 1 is 1.00 bits per heavy atom. The molecule has 0 radical (unpaired) electrons. The molecule has 1 N–H and O–H groups in total. The van der Waals surface area contributed by atoms with E-state index < -0.39 is 22.2 Å². The fourth-order valence-electron chi connectivity index (χ4n) is 4.04. The van der Waals surface area contributed by atoms with Crippen LogP contribution in [0.3, 0.4) is 0 Å². The SMILES string of the molecule is CC(C)CNc1cccc2c1S(=O)(=O)N(Cc1ccc(F)cc1)[C@@H](C)[C@H](c1ccccc1)O2. The van der Waals surface area contributed by atoms with Gasteiger partial charge in [0.1, 0.15) is 22.6 Å². The maximum absolute atomic E-state index is 14.1. The number of anilines is 1. The average Bonchev–Trinajstić information content (AvgIpc) is 2.88. The minimum atomic E-state index is -3.94. The van der Waals surface area contributed by atoms with E-state index in [2.05, 4.69) is 19.2 Å². The van der Waals surface area contributed by atoms with E-state index in [1.165, 1.54) is 16.4 Å². The first kappa shape index (κ1) is 23.3. The Labute approximate surface area is 195 Å². The molecule has 0 bridgehead atoms. The third-order valence-corrected chi connectivity index (χ3v) is 7.79. The molecule has 1 aliphatic rings. The van der Waals surface area contributed by atoms with E-state index >= 15 is 0 Å². The lowest BCUT2D eigenvalue weighted by atomic mass is 10.0. The van der Waals surface area contributed by atoms with Gasteiger partial charge in [-0.3, -0.25) is 0 Å². The lowest BCUT2D eigenvalue weighted by molar-refractivity contribution is 0.124. The number of halogens is 1. The van der Waals surface area contributed by atoms with Crippen molar-refractivity contribution in [1.82, 2.24) is 4.31 Å². The average molecular weight is 469 g/mol. The number of ether oxygens (including phenoxy) is 1. The standard InChI is InChI=1S/C26H29FN2O3S/c1-18(2)16-28-23-10-7-11-24-26(23)33(30,31)29(17-20-12-14-22(27)15-13-20)19(3)25(32-24)21-8-5-4-6-9-21/h4-15,18-19,25,28H,16-17H2,1-3H3/t19-,25+/m0/s1. The molecule has 0 saturated heterocycles. The van der Waals surface area contributed by atoms with Gasteiger partial charge in [-0.1, -0.05) is 62.4 Å². The highest BCUT2D eigenvalue weighted by molar-refractivity contribution is 7.89. The molecule has 5 nitrogen and oxygen atoms in total. The minimum absolute atomic E-state index is 0.106. The van der Waals surface area contributed by atoms with Crippen LogP contribution in [0, 0.1) is 11.7 Å². The van der Waals surface area contributed by atoms with Gasteiger partial charge in [-0.15, -0.1) is 0 Å². The number of nitrogens with one attached hydrogen (secondary N) is 1. The molecule has 0 aliphatic carbocycles. The van der Waals surface area contributed by atoms with Crippen LogP contribution in [0.25, 0.3) is 0 Å². The fourth-order valence-corrected chi connectivity index (χ4v) is 5.93. The van der Waals surface area contributed by atoms with Crippen molar-refractivity contribution in [2.75, 3.05) is 11.9 Å². The first-order chi connectivity index (χ1) is 15.8. The maximum Gasteiger partial charge on any atom is 0.249 e. The molecule has 1 heterocycles. The topological polar surface area (TPSA) is 58.6 Å².